The molecule has 3 N–H and O–H groups in total. The minimum Gasteiger partial charge on any atom is -0.456 e. The molecule has 186 valence electrons. The molecule has 4 rings (SSSR count). The molecule has 0 amide bonds. The maximum Gasteiger partial charge on any atom is 0.323 e. The zero-order chi connectivity index (χ0) is 26.1. The summed E-state index contributed by atoms with van der Waals surface area (Å²) in [6.45, 7) is -1.01. The van der Waals surface area contributed by atoms with Crippen LogP contribution in [0.3, 0.4) is 0 Å². The molecule has 1 aromatic heterocycles. The summed E-state index contributed by atoms with van der Waals surface area (Å²) in [6, 6.07) is 10.5. The average molecular weight is 536 g/mol. The van der Waals surface area contributed by atoms with Crippen LogP contribution in [0.25, 0.3) is 0 Å². The van der Waals surface area contributed by atoms with Gasteiger partial charge in [0.05, 0.1) is 12.7 Å². The number of alkyl halides is 2. The molecule has 1 atom stereocenters. The highest BCUT2D eigenvalue weighted by atomic mass is 32.1. The van der Waals surface area contributed by atoms with E-state index in [9.17, 15) is 13.9 Å². The van der Waals surface area contributed by atoms with Crippen LogP contribution in [-0.2, 0) is 11.5 Å². The summed E-state index contributed by atoms with van der Waals surface area (Å²) in [4.78, 5) is 4.00. The first-order valence-corrected chi connectivity index (χ1v) is 11.1. The molecular weight excluding hydrogens is 518 g/mol. The molecule has 2 aromatic carbocycles. The molecule has 1 aliphatic heterocycles. The van der Waals surface area contributed by atoms with Crippen molar-refractivity contribution in [1.29, 1.82) is 0 Å². The maximum absolute atomic E-state index is 15.9. The van der Waals surface area contributed by atoms with Crippen molar-refractivity contribution in [3.05, 3.63) is 89.2 Å². The number of aliphatic hydroxyl groups is 1. The smallest absolute Gasteiger partial charge is 0.323 e. The molecular formula is C23H17F4N5O2S2. The highest BCUT2D eigenvalue weighted by molar-refractivity contribution is 7.80. The largest absolute Gasteiger partial charge is 0.456 e. The van der Waals surface area contributed by atoms with Gasteiger partial charge in [0, 0.05) is 17.2 Å². The van der Waals surface area contributed by atoms with Crippen LogP contribution in [0, 0.1) is 11.6 Å². The van der Waals surface area contributed by atoms with Crippen LogP contribution in [0.4, 0.5) is 17.6 Å². The minimum atomic E-state index is -4.18. The van der Waals surface area contributed by atoms with E-state index >= 15 is 8.78 Å². The Balaban J connectivity index is 1.66. The minimum absolute atomic E-state index is 0.0462. The molecule has 7 nitrogen and oxygen atoms in total. The molecule has 3 aromatic rings. The molecule has 0 radical (unpaired) electrons. The number of benzene rings is 2. The molecule has 13 heteroatoms. The molecule has 0 saturated heterocycles. The molecule has 2 heterocycles. The van der Waals surface area contributed by atoms with Crippen molar-refractivity contribution in [2.75, 3.05) is 13.1 Å². The Hall–Kier alpha value is -3.55. The van der Waals surface area contributed by atoms with Crippen LogP contribution in [-0.4, -0.2) is 38.2 Å². The van der Waals surface area contributed by atoms with Crippen molar-refractivity contribution in [3.8, 4) is 11.5 Å². The summed E-state index contributed by atoms with van der Waals surface area (Å²) in [5.74, 6) is -6.08. The number of rotatable bonds is 8. The predicted molar refractivity (Wildman–Crippen MR) is 130 cm³/mol. The average Bonchev–Trinajstić information content (AvgIpc) is 3.23. The van der Waals surface area contributed by atoms with E-state index in [2.05, 4.69) is 15.3 Å². The number of thiocarbonyl (C=S) groups is 2. The lowest BCUT2D eigenvalue weighted by atomic mass is 9.84. The third kappa shape index (κ3) is 4.90. The standard InChI is InChI=1S/C23H17F4N5O2S2/c24-14-3-7-17(18(25)9-14)22(33,12-32-20(35)11-30-31-32)23(26,27)19-8-6-16(10-29-19)34-15-4-1-13(2-5-15)21(28)36/h1-10,33H,11-12H2,(H2,28,36). The van der Waals surface area contributed by atoms with Gasteiger partial charge in [-0.25, -0.2) is 13.8 Å². The van der Waals surface area contributed by atoms with E-state index < -0.39 is 41.0 Å². The van der Waals surface area contributed by atoms with Crippen molar-refractivity contribution in [1.82, 2.24) is 9.99 Å². The number of hydrogen-bond donors (Lipinski definition) is 2. The zero-order valence-corrected chi connectivity index (χ0v) is 19.9. The number of pyridine rings is 1. The Morgan fingerprint density at radius 3 is 2.33 bits per heavy atom. The van der Waals surface area contributed by atoms with Gasteiger partial charge < -0.3 is 15.6 Å². The second-order valence-electron chi connectivity index (χ2n) is 7.77. The van der Waals surface area contributed by atoms with Crippen molar-refractivity contribution >= 4 is 34.4 Å². The summed E-state index contributed by atoms with van der Waals surface area (Å²) in [5, 5.41) is 19.4. The van der Waals surface area contributed by atoms with Crippen molar-refractivity contribution < 1.29 is 27.4 Å². The van der Waals surface area contributed by atoms with Gasteiger partial charge in [-0.1, -0.05) is 29.7 Å². The van der Waals surface area contributed by atoms with Crippen molar-refractivity contribution in [2.45, 2.75) is 11.5 Å². The Bertz CT molecular complexity index is 1340. The number of ether oxygens (including phenoxy) is 1. The van der Waals surface area contributed by atoms with Crippen LogP contribution in [0.2, 0.25) is 0 Å². The third-order valence-corrected chi connectivity index (χ3v) is 5.95. The van der Waals surface area contributed by atoms with Gasteiger partial charge >= 0.3 is 5.92 Å². The topological polar surface area (TPSA) is 96.3 Å². The first-order chi connectivity index (χ1) is 17.0. The fraction of sp³-hybridized carbons (Fsp3) is 0.174. The van der Waals surface area contributed by atoms with E-state index in [1.54, 1.807) is 24.3 Å². The van der Waals surface area contributed by atoms with Crippen LogP contribution < -0.4 is 10.5 Å². The van der Waals surface area contributed by atoms with Crippen molar-refractivity contribution in [3.63, 3.8) is 0 Å². The van der Waals surface area contributed by atoms with Crippen molar-refractivity contribution in [2.24, 2.45) is 16.1 Å². The van der Waals surface area contributed by atoms with Gasteiger partial charge in [-0.15, -0.1) is 0 Å². The number of nitrogens with zero attached hydrogens (tertiary/aromatic N) is 4. The Labute approximate surface area is 213 Å². The van der Waals surface area contributed by atoms with Gasteiger partial charge in [-0.2, -0.15) is 13.9 Å². The first kappa shape index (κ1) is 25.5. The highest BCUT2D eigenvalue weighted by Crippen LogP contribution is 2.46. The number of aromatic nitrogens is 1. The van der Waals surface area contributed by atoms with Crippen LogP contribution in [0.15, 0.2) is 71.1 Å². The number of β-amino-alcohol motifs (C(OH)–C–C–N with tert-alkyl or cyclic N) is 1. The van der Waals surface area contributed by atoms with E-state index in [1.807, 2.05) is 0 Å². The van der Waals surface area contributed by atoms with Gasteiger partial charge in [-0.3, -0.25) is 4.98 Å². The lowest BCUT2D eigenvalue weighted by molar-refractivity contribution is -0.203. The number of nitrogens with two attached hydrogens (primary N) is 1. The second-order valence-corrected chi connectivity index (χ2v) is 8.68. The quantitative estimate of drug-likeness (QED) is 0.317. The SMILES string of the molecule is NC(=S)c1ccc(Oc2ccc(C(F)(F)C(O)(CN3N=NCC3=S)c3ccc(F)cc3F)nc2)cc1. The number of halogens is 4. The Kier molecular flexibility index (Phi) is 6.98. The van der Waals surface area contributed by atoms with Gasteiger partial charge in [0.25, 0.3) is 0 Å². The summed E-state index contributed by atoms with van der Waals surface area (Å²) in [7, 11) is 0. The molecule has 0 fully saturated rings. The first-order valence-electron chi connectivity index (χ1n) is 10.3. The molecule has 36 heavy (non-hydrogen) atoms. The van der Waals surface area contributed by atoms with Gasteiger partial charge in [-0.05, 0) is 48.5 Å². The fourth-order valence-corrected chi connectivity index (χ4v) is 3.77. The lowest BCUT2D eigenvalue weighted by Gasteiger charge is -2.37. The molecule has 0 spiro atoms. The maximum atomic E-state index is 15.9. The van der Waals surface area contributed by atoms with Gasteiger partial charge in [0.2, 0.25) is 0 Å². The Morgan fingerprint density at radius 2 is 1.78 bits per heavy atom. The predicted octanol–water partition coefficient (Wildman–Crippen LogP) is 4.78. The molecule has 0 aliphatic carbocycles. The molecule has 1 aliphatic rings. The second kappa shape index (κ2) is 9.84. The zero-order valence-electron chi connectivity index (χ0n) is 18.2. The van der Waals surface area contributed by atoms with Crippen LogP contribution >= 0.6 is 24.4 Å². The van der Waals surface area contributed by atoms with Gasteiger partial charge in [0.15, 0.2) is 5.60 Å². The summed E-state index contributed by atoms with van der Waals surface area (Å²) in [5.41, 5.74) is 1.17. The molecule has 0 saturated carbocycles. The molecule has 0 bridgehead atoms. The third-order valence-electron chi connectivity index (χ3n) is 5.37. The summed E-state index contributed by atoms with van der Waals surface area (Å²) >= 11 is 9.92. The van der Waals surface area contributed by atoms with Gasteiger partial charge in [0.1, 0.15) is 45.3 Å². The van der Waals surface area contributed by atoms with E-state index in [4.69, 9.17) is 34.9 Å². The van der Waals surface area contributed by atoms with E-state index in [0.717, 1.165) is 29.4 Å². The highest BCUT2D eigenvalue weighted by Gasteiger charge is 2.58. The Morgan fingerprint density at radius 1 is 1.08 bits per heavy atom. The molecule has 1 unspecified atom stereocenters. The van der Waals surface area contributed by atoms with Crippen LogP contribution in [0.5, 0.6) is 11.5 Å². The van der Waals surface area contributed by atoms with E-state index in [1.165, 1.54) is 6.07 Å². The fourth-order valence-electron chi connectivity index (χ4n) is 3.48. The normalized spacial score (nSPS) is 15.1. The number of hydrogen-bond acceptors (Lipinski definition) is 7. The van der Waals surface area contributed by atoms with E-state index in [-0.39, 0.29) is 22.3 Å². The van der Waals surface area contributed by atoms with E-state index in [0.29, 0.717) is 17.4 Å². The van der Waals surface area contributed by atoms with Crippen LogP contribution in [0.1, 0.15) is 16.8 Å². The summed E-state index contributed by atoms with van der Waals surface area (Å²) in [6.07, 6.45) is 1.02. The summed E-state index contributed by atoms with van der Waals surface area (Å²) < 4.78 is 65.4. The lowest BCUT2D eigenvalue weighted by Crippen LogP contribution is -2.52. The monoisotopic (exact) mass is 535 g/mol.